The normalized spacial score (nSPS) is 22.1. The van der Waals surface area contributed by atoms with E-state index in [9.17, 15) is 14.7 Å². The lowest BCUT2D eigenvalue weighted by atomic mass is 9.87. The Bertz CT molecular complexity index is 548. The van der Waals surface area contributed by atoms with Crippen LogP contribution in [0, 0.1) is 19.8 Å². The molecule has 21 heavy (non-hydrogen) atoms. The summed E-state index contributed by atoms with van der Waals surface area (Å²) in [6, 6.07) is 0. The van der Waals surface area contributed by atoms with Gasteiger partial charge in [0.15, 0.2) is 5.78 Å². The number of hydrogen-bond acceptors (Lipinski definition) is 3. The maximum Gasteiger partial charge on any atom is 0.268 e. The Morgan fingerprint density at radius 2 is 2.05 bits per heavy atom. The van der Waals surface area contributed by atoms with Crippen LogP contribution in [0.5, 0.6) is 0 Å². The summed E-state index contributed by atoms with van der Waals surface area (Å²) in [5.41, 5.74) is 2.52. The molecule has 5 heteroatoms. The van der Waals surface area contributed by atoms with Crippen LogP contribution < -0.4 is 5.32 Å². The fourth-order valence-corrected chi connectivity index (χ4v) is 3.28. The molecule has 1 aromatic heterocycles. The number of aliphatic hydroxyl groups is 1. The summed E-state index contributed by atoms with van der Waals surface area (Å²) >= 11 is 0. The molecule has 0 spiro atoms. The molecule has 116 valence electrons. The first kappa shape index (κ1) is 15.8. The molecule has 1 aliphatic rings. The molecule has 3 N–H and O–H groups in total. The van der Waals surface area contributed by atoms with Gasteiger partial charge in [0.1, 0.15) is 5.69 Å². The van der Waals surface area contributed by atoms with Crippen molar-refractivity contribution in [3.05, 3.63) is 22.5 Å². The number of aryl methyl sites for hydroxylation is 1. The van der Waals surface area contributed by atoms with Crippen LogP contribution in [0.25, 0.3) is 0 Å². The summed E-state index contributed by atoms with van der Waals surface area (Å²) in [7, 11) is 0. The standard InChI is InChI=1S/C16H24N2O3/c1-9-14(11(3)19)10(2)18-15(9)16(21)17-8-12-5-4-6-13(20)7-12/h12-13,18,20H,4-8H2,1-3H3,(H,17,21). The molecule has 1 aromatic rings. The molecule has 0 aliphatic heterocycles. The molecule has 1 heterocycles. The Balaban J connectivity index is 2.01. The van der Waals surface area contributed by atoms with Gasteiger partial charge in [0.25, 0.3) is 5.91 Å². The van der Waals surface area contributed by atoms with Gasteiger partial charge in [-0.2, -0.15) is 0 Å². The number of aromatic nitrogens is 1. The van der Waals surface area contributed by atoms with Gasteiger partial charge in [-0.1, -0.05) is 6.42 Å². The second kappa shape index (κ2) is 6.43. The van der Waals surface area contributed by atoms with Crippen LogP contribution in [0.15, 0.2) is 0 Å². The highest BCUT2D eigenvalue weighted by atomic mass is 16.3. The van der Waals surface area contributed by atoms with Gasteiger partial charge in [0.2, 0.25) is 0 Å². The van der Waals surface area contributed by atoms with E-state index in [0.29, 0.717) is 29.3 Å². The molecule has 5 nitrogen and oxygen atoms in total. The average molecular weight is 292 g/mol. The minimum absolute atomic E-state index is 0.0318. The molecular weight excluding hydrogens is 268 g/mol. The van der Waals surface area contributed by atoms with E-state index in [1.165, 1.54) is 6.92 Å². The summed E-state index contributed by atoms with van der Waals surface area (Å²) in [6.07, 6.45) is 3.43. The number of hydrogen-bond donors (Lipinski definition) is 3. The van der Waals surface area contributed by atoms with Crippen LogP contribution in [-0.4, -0.2) is 34.4 Å². The predicted octanol–water partition coefficient (Wildman–Crippen LogP) is 2.12. The van der Waals surface area contributed by atoms with Crippen molar-refractivity contribution in [3.63, 3.8) is 0 Å². The quantitative estimate of drug-likeness (QED) is 0.743. The fraction of sp³-hybridized carbons (Fsp3) is 0.625. The van der Waals surface area contributed by atoms with Crippen LogP contribution in [0.3, 0.4) is 0 Å². The number of carbonyl (C=O) groups excluding carboxylic acids is 2. The summed E-state index contributed by atoms with van der Waals surface area (Å²) in [4.78, 5) is 26.9. The van der Waals surface area contributed by atoms with E-state index in [1.54, 1.807) is 13.8 Å². The van der Waals surface area contributed by atoms with Crippen LogP contribution >= 0.6 is 0 Å². The van der Waals surface area contributed by atoms with Crippen molar-refractivity contribution >= 4 is 11.7 Å². The first-order chi connectivity index (χ1) is 9.90. The van der Waals surface area contributed by atoms with Crippen molar-refractivity contribution in [2.75, 3.05) is 6.54 Å². The highest BCUT2D eigenvalue weighted by Crippen LogP contribution is 2.24. The molecule has 2 atom stereocenters. The number of aromatic amines is 1. The molecular formula is C16H24N2O3. The van der Waals surface area contributed by atoms with E-state index in [-0.39, 0.29) is 17.8 Å². The zero-order chi connectivity index (χ0) is 15.6. The highest BCUT2D eigenvalue weighted by molar-refractivity contribution is 6.02. The molecule has 2 unspecified atom stereocenters. The molecule has 1 fully saturated rings. The lowest BCUT2D eigenvalue weighted by Crippen LogP contribution is -2.33. The van der Waals surface area contributed by atoms with Gasteiger partial charge in [-0.25, -0.2) is 0 Å². The minimum Gasteiger partial charge on any atom is -0.393 e. The first-order valence-electron chi connectivity index (χ1n) is 7.56. The smallest absolute Gasteiger partial charge is 0.268 e. The van der Waals surface area contributed by atoms with Gasteiger partial charge in [-0.3, -0.25) is 9.59 Å². The molecule has 1 amide bonds. The number of Topliss-reactive ketones (excluding diaryl/α,β-unsaturated/α-hetero) is 1. The number of amides is 1. The zero-order valence-electron chi connectivity index (χ0n) is 13.0. The minimum atomic E-state index is -0.237. The van der Waals surface area contributed by atoms with Crippen LogP contribution in [0.4, 0.5) is 0 Å². The van der Waals surface area contributed by atoms with Gasteiger partial charge >= 0.3 is 0 Å². The first-order valence-corrected chi connectivity index (χ1v) is 7.56. The van der Waals surface area contributed by atoms with Crippen molar-refractivity contribution in [2.45, 2.75) is 52.6 Å². The molecule has 1 aliphatic carbocycles. The van der Waals surface area contributed by atoms with Crippen molar-refractivity contribution in [2.24, 2.45) is 5.92 Å². The molecule has 0 saturated heterocycles. The maximum absolute atomic E-state index is 12.3. The molecule has 0 aromatic carbocycles. The predicted molar refractivity (Wildman–Crippen MR) is 80.6 cm³/mol. The molecule has 0 bridgehead atoms. The second-order valence-electron chi connectivity index (χ2n) is 6.08. The van der Waals surface area contributed by atoms with Crippen molar-refractivity contribution in [1.82, 2.24) is 10.3 Å². The van der Waals surface area contributed by atoms with E-state index in [2.05, 4.69) is 10.3 Å². The van der Waals surface area contributed by atoms with Gasteiger partial charge in [0.05, 0.1) is 6.10 Å². The van der Waals surface area contributed by atoms with E-state index in [4.69, 9.17) is 0 Å². The third kappa shape index (κ3) is 3.53. The van der Waals surface area contributed by atoms with E-state index in [1.807, 2.05) is 0 Å². The Kier molecular flexibility index (Phi) is 4.83. The van der Waals surface area contributed by atoms with E-state index < -0.39 is 0 Å². The number of aliphatic hydroxyl groups excluding tert-OH is 1. The van der Waals surface area contributed by atoms with Gasteiger partial charge < -0.3 is 15.4 Å². The van der Waals surface area contributed by atoms with E-state index in [0.717, 1.165) is 31.4 Å². The Hall–Kier alpha value is -1.62. The Labute approximate surface area is 125 Å². The highest BCUT2D eigenvalue weighted by Gasteiger charge is 2.23. The van der Waals surface area contributed by atoms with Crippen LogP contribution in [0.1, 0.15) is 64.7 Å². The summed E-state index contributed by atoms with van der Waals surface area (Å²) in [5, 5.41) is 12.6. The SMILES string of the molecule is CC(=O)c1c(C)[nH]c(C(=O)NCC2CCCC(O)C2)c1C. The zero-order valence-corrected chi connectivity index (χ0v) is 13.0. The monoisotopic (exact) mass is 292 g/mol. The van der Waals surface area contributed by atoms with Crippen molar-refractivity contribution in [1.29, 1.82) is 0 Å². The Morgan fingerprint density at radius 3 is 2.62 bits per heavy atom. The number of H-pyrrole nitrogens is 1. The molecule has 1 saturated carbocycles. The van der Waals surface area contributed by atoms with Gasteiger partial charge in [-0.15, -0.1) is 0 Å². The largest absolute Gasteiger partial charge is 0.393 e. The lowest BCUT2D eigenvalue weighted by molar-refractivity contribution is 0.0870. The Morgan fingerprint density at radius 1 is 1.33 bits per heavy atom. The van der Waals surface area contributed by atoms with Gasteiger partial charge in [0, 0.05) is 17.8 Å². The number of rotatable bonds is 4. The summed E-state index contributed by atoms with van der Waals surface area (Å²) < 4.78 is 0. The number of nitrogens with one attached hydrogen (secondary N) is 2. The summed E-state index contributed by atoms with van der Waals surface area (Å²) in [5.74, 6) is 0.125. The number of ketones is 1. The van der Waals surface area contributed by atoms with Crippen molar-refractivity contribution < 1.29 is 14.7 Å². The number of carbonyl (C=O) groups is 2. The summed E-state index contributed by atoms with van der Waals surface area (Å²) in [6.45, 7) is 5.68. The lowest BCUT2D eigenvalue weighted by Gasteiger charge is -2.25. The fourth-order valence-electron chi connectivity index (χ4n) is 3.28. The van der Waals surface area contributed by atoms with Crippen molar-refractivity contribution in [3.8, 4) is 0 Å². The van der Waals surface area contributed by atoms with Crippen LogP contribution in [0.2, 0.25) is 0 Å². The second-order valence-corrected chi connectivity index (χ2v) is 6.08. The molecule has 0 radical (unpaired) electrons. The average Bonchev–Trinajstić information content (AvgIpc) is 2.71. The third-order valence-corrected chi connectivity index (χ3v) is 4.32. The third-order valence-electron chi connectivity index (χ3n) is 4.32. The topological polar surface area (TPSA) is 82.2 Å². The molecule has 2 rings (SSSR count). The van der Waals surface area contributed by atoms with E-state index >= 15 is 0 Å². The van der Waals surface area contributed by atoms with Gasteiger partial charge in [-0.05, 0) is 51.5 Å². The van der Waals surface area contributed by atoms with Crippen LogP contribution in [-0.2, 0) is 0 Å². The maximum atomic E-state index is 12.3.